The SMILES string of the molecule is Cc1ccc(OCC(O)CN2CCc3ccccc3C2)c(C(C)(C)C)c1.Cl. The fourth-order valence-electron chi connectivity index (χ4n) is 3.60. The minimum absolute atomic E-state index is 0. The monoisotopic (exact) mass is 389 g/mol. The summed E-state index contributed by atoms with van der Waals surface area (Å²) >= 11 is 0. The van der Waals surface area contributed by atoms with Gasteiger partial charge >= 0.3 is 0 Å². The molecule has 0 spiro atoms. The van der Waals surface area contributed by atoms with Gasteiger partial charge in [0.25, 0.3) is 0 Å². The molecule has 1 unspecified atom stereocenters. The molecule has 0 bridgehead atoms. The van der Waals surface area contributed by atoms with Crippen LogP contribution in [0.25, 0.3) is 0 Å². The number of fused-ring (bicyclic) bond motifs is 1. The van der Waals surface area contributed by atoms with Crippen LogP contribution in [0.5, 0.6) is 5.75 Å². The molecule has 1 atom stereocenters. The van der Waals surface area contributed by atoms with Crippen molar-refractivity contribution in [3.63, 3.8) is 0 Å². The Kier molecular flexibility index (Phi) is 7.32. The molecule has 1 heterocycles. The lowest BCUT2D eigenvalue weighted by molar-refractivity contribution is 0.0631. The van der Waals surface area contributed by atoms with E-state index in [-0.39, 0.29) is 17.8 Å². The van der Waals surface area contributed by atoms with Crippen LogP contribution < -0.4 is 4.74 Å². The van der Waals surface area contributed by atoms with Gasteiger partial charge in [-0.1, -0.05) is 62.7 Å². The van der Waals surface area contributed by atoms with Crippen molar-refractivity contribution in [3.05, 3.63) is 64.7 Å². The zero-order chi connectivity index (χ0) is 18.7. The Balaban J connectivity index is 0.00000261. The van der Waals surface area contributed by atoms with E-state index < -0.39 is 6.10 Å². The van der Waals surface area contributed by atoms with Crippen molar-refractivity contribution >= 4 is 12.4 Å². The first-order valence-corrected chi connectivity index (χ1v) is 9.54. The summed E-state index contributed by atoms with van der Waals surface area (Å²) in [6.45, 7) is 11.5. The molecule has 2 aromatic rings. The number of halogens is 1. The fourth-order valence-corrected chi connectivity index (χ4v) is 3.60. The lowest BCUT2D eigenvalue weighted by Gasteiger charge is -2.30. The lowest BCUT2D eigenvalue weighted by atomic mass is 9.85. The van der Waals surface area contributed by atoms with Crippen LogP contribution in [0.2, 0.25) is 0 Å². The summed E-state index contributed by atoms with van der Waals surface area (Å²) in [7, 11) is 0. The second-order valence-electron chi connectivity index (χ2n) is 8.47. The van der Waals surface area contributed by atoms with Crippen LogP contribution in [0, 0.1) is 6.92 Å². The molecule has 0 aromatic heterocycles. The third-order valence-electron chi connectivity index (χ3n) is 5.05. The minimum atomic E-state index is -0.491. The van der Waals surface area contributed by atoms with Gasteiger partial charge in [0.15, 0.2) is 0 Å². The first-order valence-electron chi connectivity index (χ1n) is 9.54. The number of rotatable bonds is 5. The first kappa shape index (κ1) is 21.7. The van der Waals surface area contributed by atoms with E-state index in [1.807, 2.05) is 6.07 Å². The summed E-state index contributed by atoms with van der Waals surface area (Å²) in [5.74, 6) is 0.881. The number of nitrogens with zero attached hydrogens (tertiary/aromatic N) is 1. The lowest BCUT2D eigenvalue weighted by Crippen LogP contribution is -2.38. The summed E-state index contributed by atoms with van der Waals surface area (Å²) < 4.78 is 6.01. The van der Waals surface area contributed by atoms with E-state index in [2.05, 4.69) is 69.0 Å². The van der Waals surface area contributed by atoms with Crippen LogP contribution in [0.15, 0.2) is 42.5 Å². The molecule has 2 aromatic carbocycles. The smallest absolute Gasteiger partial charge is 0.123 e. The molecular weight excluding hydrogens is 358 g/mol. The molecule has 3 nitrogen and oxygen atoms in total. The van der Waals surface area contributed by atoms with E-state index in [9.17, 15) is 5.11 Å². The highest BCUT2D eigenvalue weighted by Crippen LogP contribution is 2.32. The maximum Gasteiger partial charge on any atom is 0.123 e. The summed E-state index contributed by atoms with van der Waals surface area (Å²) in [6.07, 6.45) is 0.560. The molecule has 3 rings (SSSR count). The number of hydrogen-bond acceptors (Lipinski definition) is 3. The van der Waals surface area contributed by atoms with E-state index >= 15 is 0 Å². The highest BCUT2D eigenvalue weighted by molar-refractivity contribution is 5.85. The summed E-state index contributed by atoms with van der Waals surface area (Å²) in [5, 5.41) is 10.5. The Morgan fingerprint density at radius 2 is 1.81 bits per heavy atom. The predicted octanol–water partition coefficient (Wildman–Crippen LogP) is 4.51. The van der Waals surface area contributed by atoms with Crippen LogP contribution >= 0.6 is 12.4 Å². The van der Waals surface area contributed by atoms with Gasteiger partial charge in [-0.05, 0) is 41.5 Å². The second-order valence-corrected chi connectivity index (χ2v) is 8.47. The van der Waals surface area contributed by atoms with Crippen molar-refractivity contribution in [2.75, 3.05) is 19.7 Å². The first-order chi connectivity index (χ1) is 12.3. The van der Waals surface area contributed by atoms with Crippen LogP contribution in [-0.2, 0) is 18.4 Å². The molecule has 148 valence electrons. The molecular formula is C23H32ClNO2. The molecule has 4 heteroatoms. The number of aryl methyl sites for hydroxylation is 1. The number of β-amino-alcohol motifs (C(OH)–C–C–N with tert-alkyl or cyclic N) is 1. The van der Waals surface area contributed by atoms with Crippen molar-refractivity contribution in [1.29, 1.82) is 0 Å². The Morgan fingerprint density at radius 3 is 2.52 bits per heavy atom. The third-order valence-corrected chi connectivity index (χ3v) is 5.05. The van der Waals surface area contributed by atoms with Gasteiger partial charge in [0.1, 0.15) is 18.5 Å². The average molecular weight is 390 g/mol. The number of benzene rings is 2. The van der Waals surface area contributed by atoms with Gasteiger partial charge in [0.2, 0.25) is 0 Å². The van der Waals surface area contributed by atoms with Crippen LogP contribution in [0.1, 0.15) is 43.0 Å². The van der Waals surface area contributed by atoms with E-state index in [0.717, 1.165) is 25.3 Å². The van der Waals surface area contributed by atoms with Crippen molar-refractivity contribution in [2.45, 2.75) is 52.2 Å². The quantitative estimate of drug-likeness (QED) is 0.816. The molecule has 1 N–H and O–H groups in total. The van der Waals surface area contributed by atoms with Crippen LogP contribution in [0.3, 0.4) is 0 Å². The highest BCUT2D eigenvalue weighted by Gasteiger charge is 2.21. The summed E-state index contributed by atoms with van der Waals surface area (Å²) in [4.78, 5) is 2.32. The minimum Gasteiger partial charge on any atom is -0.491 e. The molecule has 0 amide bonds. The second kappa shape index (κ2) is 9.09. The normalized spacial score (nSPS) is 15.6. The number of aliphatic hydroxyl groups excluding tert-OH is 1. The summed E-state index contributed by atoms with van der Waals surface area (Å²) in [5.41, 5.74) is 5.25. The van der Waals surface area contributed by atoms with Gasteiger partial charge in [-0.15, -0.1) is 12.4 Å². The molecule has 0 saturated carbocycles. The third kappa shape index (κ3) is 5.71. The molecule has 0 fully saturated rings. The van der Waals surface area contributed by atoms with Crippen LogP contribution in [-0.4, -0.2) is 35.8 Å². The zero-order valence-corrected chi connectivity index (χ0v) is 17.7. The van der Waals surface area contributed by atoms with Gasteiger partial charge in [-0.2, -0.15) is 0 Å². The summed E-state index contributed by atoms with van der Waals surface area (Å²) in [6, 6.07) is 14.9. The molecule has 0 saturated heterocycles. The van der Waals surface area contributed by atoms with Crippen molar-refractivity contribution in [2.24, 2.45) is 0 Å². The molecule has 27 heavy (non-hydrogen) atoms. The Bertz CT molecular complexity index is 754. The highest BCUT2D eigenvalue weighted by atomic mass is 35.5. The Morgan fingerprint density at radius 1 is 1.11 bits per heavy atom. The zero-order valence-electron chi connectivity index (χ0n) is 16.9. The van der Waals surface area contributed by atoms with Gasteiger partial charge in [0.05, 0.1) is 0 Å². The average Bonchev–Trinajstić information content (AvgIpc) is 2.60. The van der Waals surface area contributed by atoms with Crippen molar-refractivity contribution in [1.82, 2.24) is 4.90 Å². The molecule has 1 aliphatic rings. The van der Waals surface area contributed by atoms with Crippen molar-refractivity contribution in [3.8, 4) is 5.75 Å². The van der Waals surface area contributed by atoms with Crippen molar-refractivity contribution < 1.29 is 9.84 Å². The topological polar surface area (TPSA) is 32.7 Å². The standard InChI is InChI=1S/C23H31NO2.ClH/c1-17-9-10-22(21(13-17)23(2,3)4)26-16-20(25)15-24-12-11-18-7-5-6-8-19(18)14-24;/h5-10,13,20,25H,11-12,14-16H2,1-4H3;1H. The van der Waals surface area contributed by atoms with Crippen LogP contribution in [0.4, 0.5) is 0 Å². The molecule has 1 aliphatic heterocycles. The maximum absolute atomic E-state index is 10.5. The predicted molar refractivity (Wildman–Crippen MR) is 114 cm³/mol. The Labute approximate surface area is 169 Å². The molecule has 0 radical (unpaired) electrons. The van der Waals surface area contributed by atoms with E-state index in [1.54, 1.807) is 0 Å². The van der Waals surface area contributed by atoms with E-state index in [0.29, 0.717) is 13.2 Å². The molecule has 0 aliphatic carbocycles. The van der Waals surface area contributed by atoms with E-state index in [1.165, 1.54) is 22.3 Å². The number of ether oxygens (including phenoxy) is 1. The maximum atomic E-state index is 10.5. The van der Waals surface area contributed by atoms with E-state index in [4.69, 9.17) is 4.74 Å². The number of aliphatic hydroxyl groups is 1. The number of hydrogen-bond donors (Lipinski definition) is 1. The van der Waals surface area contributed by atoms with Gasteiger partial charge in [-0.3, -0.25) is 4.90 Å². The van der Waals surface area contributed by atoms with Gasteiger partial charge < -0.3 is 9.84 Å². The van der Waals surface area contributed by atoms with Gasteiger partial charge in [0, 0.05) is 19.6 Å². The Hall–Kier alpha value is -1.55. The largest absolute Gasteiger partial charge is 0.491 e. The fraction of sp³-hybridized carbons (Fsp3) is 0.478. The van der Waals surface area contributed by atoms with Gasteiger partial charge in [-0.25, -0.2) is 0 Å².